The quantitative estimate of drug-likeness (QED) is 0.322. The van der Waals surface area contributed by atoms with Crippen LogP contribution < -0.4 is 5.32 Å². The van der Waals surface area contributed by atoms with Crippen LogP contribution in [0.5, 0.6) is 0 Å². The van der Waals surface area contributed by atoms with Gasteiger partial charge in [-0.15, -0.1) is 24.0 Å². The van der Waals surface area contributed by atoms with Gasteiger partial charge in [0.05, 0.1) is 25.4 Å². The molecule has 0 saturated carbocycles. The lowest BCUT2D eigenvalue weighted by molar-refractivity contribution is -0.0721. The first-order valence-electron chi connectivity index (χ1n) is 11.5. The molecule has 8 heteroatoms. The fourth-order valence-electron chi connectivity index (χ4n) is 4.35. The van der Waals surface area contributed by atoms with Gasteiger partial charge in [-0.1, -0.05) is 24.3 Å². The van der Waals surface area contributed by atoms with Gasteiger partial charge in [0.2, 0.25) is 0 Å². The SMILES string of the molecule is CN=C(NCc1cccc(Cn2cccn2)c1)N1CCC(OCC2CCCCO2)CC1.I. The zero-order chi connectivity index (χ0) is 21.3. The van der Waals surface area contributed by atoms with E-state index in [-0.39, 0.29) is 24.0 Å². The van der Waals surface area contributed by atoms with E-state index in [0.717, 1.165) is 64.6 Å². The Balaban J connectivity index is 0.00000289. The lowest BCUT2D eigenvalue weighted by atomic mass is 10.1. The van der Waals surface area contributed by atoms with Crippen LogP contribution in [0.15, 0.2) is 47.7 Å². The van der Waals surface area contributed by atoms with E-state index in [0.29, 0.717) is 12.2 Å². The summed E-state index contributed by atoms with van der Waals surface area (Å²) in [6.07, 6.45) is 10.1. The van der Waals surface area contributed by atoms with Gasteiger partial charge >= 0.3 is 0 Å². The highest BCUT2D eigenvalue weighted by molar-refractivity contribution is 14.0. The summed E-state index contributed by atoms with van der Waals surface area (Å²) >= 11 is 0. The van der Waals surface area contributed by atoms with Crippen LogP contribution >= 0.6 is 24.0 Å². The zero-order valence-corrected chi connectivity index (χ0v) is 21.3. The van der Waals surface area contributed by atoms with E-state index in [1.165, 1.54) is 24.0 Å². The zero-order valence-electron chi connectivity index (χ0n) is 19.0. The fourth-order valence-corrected chi connectivity index (χ4v) is 4.35. The molecule has 7 nitrogen and oxygen atoms in total. The summed E-state index contributed by atoms with van der Waals surface area (Å²) in [7, 11) is 1.86. The number of ether oxygens (including phenoxy) is 2. The number of rotatable bonds is 7. The summed E-state index contributed by atoms with van der Waals surface area (Å²) in [5, 5.41) is 7.83. The summed E-state index contributed by atoms with van der Waals surface area (Å²) in [6, 6.07) is 10.6. The maximum atomic E-state index is 6.15. The third-order valence-corrected chi connectivity index (χ3v) is 6.09. The van der Waals surface area contributed by atoms with Crippen LogP contribution in [0, 0.1) is 0 Å². The summed E-state index contributed by atoms with van der Waals surface area (Å²) in [5.41, 5.74) is 2.49. The highest BCUT2D eigenvalue weighted by Crippen LogP contribution is 2.18. The number of guanidine groups is 1. The molecule has 1 atom stereocenters. The van der Waals surface area contributed by atoms with Crippen molar-refractivity contribution in [3.63, 3.8) is 0 Å². The molecule has 2 aromatic rings. The number of likely N-dealkylation sites (tertiary alicyclic amines) is 1. The van der Waals surface area contributed by atoms with Crippen LogP contribution in [0.2, 0.25) is 0 Å². The number of hydrogen-bond donors (Lipinski definition) is 1. The molecule has 0 radical (unpaired) electrons. The standard InChI is InChI=1S/C24H35N5O2.HI/c1-25-24(26-17-20-6-4-7-21(16-20)18-29-12-5-11-27-29)28-13-9-22(10-14-28)31-19-23-8-2-3-15-30-23;/h4-7,11-12,16,22-23H,2-3,8-10,13-15,17-19H2,1H3,(H,25,26);1H. The van der Waals surface area contributed by atoms with E-state index in [2.05, 4.69) is 44.6 Å². The van der Waals surface area contributed by atoms with Crippen molar-refractivity contribution in [3.8, 4) is 0 Å². The molecule has 0 spiro atoms. The molecule has 1 N–H and O–H groups in total. The average molecular weight is 553 g/mol. The number of aromatic nitrogens is 2. The van der Waals surface area contributed by atoms with E-state index in [9.17, 15) is 0 Å². The summed E-state index contributed by atoms with van der Waals surface area (Å²) in [6.45, 7) is 5.11. The molecule has 0 bridgehead atoms. The number of hydrogen-bond acceptors (Lipinski definition) is 4. The molecular formula is C24H36IN5O2. The van der Waals surface area contributed by atoms with Crippen molar-refractivity contribution in [2.24, 2.45) is 4.99 Å². The minimum Gasteiger partial charge on any atom is -0.376 e. The third kappa shape index (κ3) is 7.45. The minimum absolute atomic E-state index is 0. The number of nitrogens with zero attached hydrogens (tertiary/aromatic N) is 4. The molecule has 2 fully saturated rings. The van der Waals surface area contributed by atoms with Crippen molar-refractivity contribution < 1.29 is 9.47 Å². The maximum absolute atomic E-state index is 6.15. The second kappa shape index (κ2) is 13.2. The van der Waals surface area contributed by atoms with Crippen LogP contribution in [0.25, 0.3) is 0 Å². The molecule has 2 saturated heterocycles. The van der Waals surface area contributed by atoms with Gasteiger partial charge in [-0.2, -0.15) is 5.10 Å². The predicted octanol–water partition coefficient (Wildman–Crippen LogP) is 3.67. The minimum atomic E-state index is 0. The molecule has 2 aliphatic rings. The van der Waals surface area contributed by atoms with Crippen LogP contribution in [0.3, 0.4) is 0 Å². The molecule has 2 aliphatic heterocycles. The number of benzene rings is 1. The lowest BCUT2D eigenvalue weighted by Gasteiger charge is -2.35. The molecule has 4 rings (SSSR count). The molecule has 32 heavy (non-hydrogen) atoms. The van der Waals surface area contributed by atoms with E-state index < -0.39 is 0 Å². The maximum Gasteiger partial charge on any atom is 0.193 e. The monoisotopic (exact) mass is 553 g/mol. The Morgan fingerprint density at radius 1 is 1.19 bits per heavy atom. The molecule has 1 aromatic carbocycles. The van der Waals surface area contributed by atoms with Crippen molar-refractivity contribution in [2.75, 3.05) is 33.4 Å². The first kappa shape index (κ1) is 25.0. The van der Waals surface area contributed by atoms with Gasteiger partial charge in [0.1, 0.15) is 0 Å². The fraction of sp³-hybridized carbons (Fsp3) is 0.583. The van der Waals surface area contributed by atoms with Crippen molar-refractivity contribution in [3.05, 3.63) is 53.9 Å². The number of nitrogens with one attached hydrogen (secondary N) is 1. The van der Waals surface area contributed by atoms with Gasteiger partial charge in [-0.05, 0) is 49.3 Å². The normalized spacial score (nSPS) is 20.1. The van der Waals surface area contributed by atoms with Crippen molar-refractivity contribution in [2.45, 2.75) is 57.4 Å². The Labute approximate surface area is 208 Å². The third-order valence-electron chi connectivity index (χ3n) is 6.09. The topological polar surface area (TPSA) is 63.9 Å². The lowest BCUT2D eigenvalue weighted by Crippen LogP contribution is -2.47. The van der Waals surface area contributed by atoms with Crippen LogP contribution in [-0.2, 0) is 22.6 Å². The van der Waals surface area contributed by atoms with Gasteiger partial charge in [0, 0.05) is 45.7 Å². The van der Waals surface area contributed by atoms with Crippen molar-refractivity contribution in [1.82, 2.24) is 20.0 Å². The largest absolute Gasteiger partial charge is 0.376 e. The predicted molar refractivity (Wildman–Crippen MR) is 138 cm³/mol. The Morgan fingerprint density at radius 2 is 2.03 bits per heavy atom. The van der Waals surface area contributed by atoms with Crippen molar-refractivity contribution in [1.29, 1.82) is 0 Å². The number of aliphatic imine (C=N–C) groups is 1. The second-order valence-corrected chi connectivity index (χ2v) is 8.43. The Morgan fingerprint density at radius 3 is 2.75 bits per heavy atom. The summed E-state index contributed by atoms with van der Waals surface area (Å²) in [5.74, 6) is 0.964. The molecule has 1 unspecified atom stereocenters. The van der Waals surface area contributed by atoms with Gasteiger partial charge < -0.3 is 19.7 Å². The average Bonchev–Trinajstić information content (AvgIpc) is 3.33. The van der Waals surface area contributed by atoms with E-state index in [4.69, 9.17) is 9.47 Å². The highest BCUT2D eigenvalue weighted by atomic mass is 127. The van der Waals surface area contributed by atoms with Gasteiger partial charge in [-0.3, -0.25) is 9.67 Å². The van der Waals surface area contributed by atoms with Gasteiger partial charge in [-0.25, -0.2) is 0 Å². The summed E-state index contributed by atoms with van der Waals surface area (Å²) < 4.78 is 13.9. The molecule has 176 valence electrons. The molecular weight excluding hydrogens is 517 g/mol. The second-order valence-electron chi connectivity index (χ2n) is 8.43. The van der Waals surface area contributed by atoms with Gasteiger partial charge in [0.25, 0.3) is 0 Å². The van der Waals surface area contributed by atoms with Crippen LogP contribution in [0.1, 0.15) is 43.2 Å². The number of halogens is 1. The number of piperidine rings is 1. The van der Waals surface area contributed by atoms with Crippen molar-refractivity contribution >= 4 is 29.9 Å². The van der Waals surface area contributed by atoms with Crippen LogP contribution in [-0.4, -0.2) is 66.2 Å². The Kier molecular flexibility index (Phi) is 10.3. The molecule has 3 heterocycles. The molecule has 0 amide bonds. The molecule has 0 aliphatic carbocycles. The highest BCUT2D eigenvalue weighted by Gasteiger charge is 2.23. The Hall–Kier alpha value is -1.65. The van der Waals surface area contributed by atoms with E-state index >= 15 is 0 Å². The molecule has 1 aromatic heterocycles. The van der Waals surface area contributed by atoms with Crippen LogP contribution in [0.4, 0.5) is 0 Å². The van der Waals surface area contributed by atoms with E-state index in [1.807, 2.05) is 30.2 Å². The smallest absolute Gasteiger partial charge is 0.193 e. The Bertz CT molecular complexity index is 816. The summed E-state index contributed by atoms with van der Waals surface area (Å²) in [4.78, 5) is 6.85. The van der Waals surface area contributed by atoms with E-state index in [1.54, 1.807) is 0 Å². The van der Waals surface area contributed by atoms with Gasteiger partial charge in [0.15, 0.2) is 5.96 Å². The first-order chi connectivity index (χ1) is 15.3. The first-order valence-corrected chi connectivity index (χ1v) is 11.5.